The van der Waals surface area contributed by atoms with E-state index in [1.807, 2.05) is 4.90 Å². The molecule has 2 saturated heterocycles. The van der Waals surface area contributed by atoms with Gasteiger partial charge in [-0.2, -0.15) is 5.26 Å². The molecular weight excluding hydrogens is 324 g/mol. The number of urea groups is 1. The summed E-state index contributed by atoms with van der Waals surface area (Å²) >= 11 is 0. The van der Waals surface area contributed by atoms with Crippen LogP contribution in [0.5, 0.6) is 0 Å². The SMILES string of the molecule is CC(C)[C@@H]1C[C@H](CNC(=O)N[C@@H]2C[C@@H]3CC[C@H]2N3C#N)c2ccccc21. The highest BCUT2D eigenvalue weighted by atomic mass is 16.2. The van der Waals surface area contributed by atoms with Crippen molar-refractivity contribution in [1.82, 2.24) is 15.5 Å². The van der Waals surface area contributed by atoms with Crippen molar-refractivity contribution in [2.45, 2.75) is 69.5 Å². The van der Waals surface area contributed by atoms with Gasteiger partial charge in [0.25, 0.3) is 0 Å². The summed E-state index contributed by atoms with van der Waals surface area (Å²) in [5.41, 5.74) is 2.84. The molecule has 0 radical (unpaired) electrons. The van der Waals surface area contributed by atoms with Crippen LogP contribution in [-0.2, 0) is 0 Å². The van der Waals surface area contributed by atoms with Gasteiger partial charge in [-0.25, -0.2) is 4.79 Å². The van der Waals surface area contributed by atoms with Crippen molar-refractivity contribution in [3.63, 3.8) is 0 Å². The lowest BCUT2D eigenvalue weighted by atomic mass is 9.90. The molecule has 0 aromatic heterocycles. The lowest BCUT2D eigenvalue weighted by Crippen LogP contribution is -2.48. The molecule has 1 aliphatic carbocycles. The number of hydrogen-bond acceptors (Lipinski definition) is 3. The van der Waals surface area contributed by atoms with Crippen LogP contribution < -0.4 is 10.6 Å². The Kier molecular flexibility index (Phi) is 4.52. The average molecular weight is 352 g/mol. The molecule has 26 heavy (non-hydrogen) atoms. The second-order valence-corrected chi connectivity index (χ2v) is 8.41. The van der Waals surface area contributed by atoms with Gasteiger partial charge in [-0.05, 0) is 48.6 Å². The van der Waals surface area contributed by atoms with Gasteiger partial charge in [-0.3, -0.25) is 0 Å². The maximum Gasteiger partial charge on any atom is 0.315 e. The summed E-state index contributed by atoms with van der Waals surface area (Å²) < 4.78 is 0. The van der Waals surface area contributed by atoms with E-state index in [1.165, 1.54) is 11.1 Å². The van der Waals surface area contributed by atoms with E-state index in [0.29, 0.717) is 30.3 Å². The molecule has 1 aromatic rings. The van der Waals surface area contributed by atoms with Crippen LogP contribution in [0.1, 0.15) is 62.5 Å². The van der Waals surface area contributed by atoms with Crippen LogP contribution in [0.2, 0.25) is 0 Å². The van der Waals surface area contributed by atoms with E-state index in [2.05, 4.69) is 54.9 Å². The second-order valence-electron chi connectivity index (χ2n) is 8.41. The van der Waals surface area contributed by atoms with Crippen molar-refractivity contribution >= 4 is 6.03 Å². The number of carbonyl (C=O) groups excluding carboxylic acids is 1. The van der Waals surface area contributed by atoms with Crippen LogP contribution in [0, 0.1) is 17.4 Å². The first kappa shape index (κ1) is 17.2. The number of nitriles is 1. The zero-order chi connectivity index (χ0) is 18.3. The molecule has 1 aromatic carbocycles. The molecule has 5 heteroatoms. The first-order valence-electron chi connectivity index (χ1n) is 9.89. The van der Waals surface area contributed by atoms with Gasteiger partial charge in [0.05, 0.1) is 12.1 Å². The standard InChI is InChI=1S/C21H28N4O/c1-13(2)18-9-14(16-5-3-4-6-17(16)18)11-23-21(26)24-19-10-15-7-8-20(19)25(15)12-22/h3-6,13-15,18-20H,7-11H2,1-2H3,(H2,23,24,26)/t14-,15+,18+,19-,20-/m1/s1. The number of benzene rings is 1. The van der Waals surface area contributed by atoms with Crippen molar-refractivity contribution in [3.05, 3.63) is 35.4 Å². The Balaban J connectivity index is 1.34. The smallest absolute Gasteiger partial charge is 0.315 e. The molecule has 5 atom stereocenters. The molecule has 138 valence electrons. The summed E-state index contributed by atoms with van der Waals surface area (Å²) in [4.78, 5) is 14.3. The van der Waals surface area contributed by atoms with E-state index >= 15 is 0 Å². The van der Waals surface area contributed by atoms with Gasteiger partial charge >= 0.3 is 6.03 Å². The van der Waals surface area contributed by atoms with Crippen molar-refractivity contribution in [2.75, 3.05) is 6.54 Å². The van der Waals surface area contributed by atoms with Gasteiger partial charge < -0.3 is 15.5 Å². The molecule has 0 spiro atoms. The molecule has 0 saturated carbocycles. The van der Waals surface area contributed by atoms with Crippen LogP contribution in [0.3, 0.4) is 0 Å². The molecule has 0 unspecified atom stereocenters. The predicted molar refractivity (Wildman–Crippen MR) is 101 cm³/mol. The number of nitrogens with one attached hydrogen (secondary N) is 2. The minimum Gasteiger partial charge on any atom is -0.338 e. The average Bonchev–Trinajstić information content (AvgIpc) is 3.30. The van der Waals surface area contributed by atoms with Gasteiger partial charge in [0, 0.05) is 18.5 Å². The zero-order valence-corrected chi connectivity index (χ0v) is 15.6. The summed E-state index contributed by atoms with van der Waals surface area (Å²) in [6.07, 6.45) is 6.38. The Hall–Kier alpha value is -2.22. The molecule has 2 amide bonds. The molecule has 5 nitrogen and oxygen atoms in total. The molecule has 2 fully saturated rings. The first-order valence-corrected chi connectivity index (χ1v) is 9.89. The number of fused-ring (bicyclic) bond motifs is 3. The third kappa shape index (κ3) is 2.92. The highest BCUT2D eigenvalue weighted by Gasteiger charge is 2.46. The molecule has 2 aliphatic heterocycles. The summed E-state index contributed by atoms with van der Waals surface area (Å²) in [6, 6.07) is 9.19. The summed E-state index contributed by atoms with van der Waals surface area (Å²) in [7, 11) is 0. The van der Waals surface area contributed by atoms with Crippen molar-refractivity contribution in [1.29, 1.82) is 5.26 Å². The van der Waals surface area contributed by atoms with Gasteiger partial charge in [0.15, 0.2) is 6.19 Å². The minimum atomic E-state index is -0.0917. The first-order chi connectivity index (χ1) is 12.6. The van der Waals surface area contributed by atoms with Gasteiger partial charge in [0.2, 0.25) is 0 Å². The Bertz CT molecular complexity index is 725. The third-order valence-corrected chi connectivity index (χ3v) is 6.66. The summed E-state index contributed by atoms with van der Waals surface area (Å²) in [5.74, 6) is 1.58. The Morgan fingerprint density at radius 2 is 2.04 bits per heavy atom. The van der Waals surface area contributed by atoms with E-state index in [9.17, 15) is 10.1 Å². The van der Waals surface area contributed by atoms with Gasteiger partial charge in [0.1, 0.15) is 0 Å². The Labute approximate surface area is 155 Å². The maximum atomic E-state index is 12.4. The van der Waals surface area contributed by atoms with Crippen molar-refractivity contribution in [2.24, 2.45) is 5.92 Å². The number of rotatable bonds is 4. The monoisotopic (exact) mass is 352 g/mol. The number of hydrogen-bond donors (Lipinski definition) is 2. The highest BCUT2D eigenvalue weighted by molar-refractivity contribution is 5.74. The molecule has 4 rings (SSSR count). The molecular formula is C21H28N4O. The molecule has 2 heterocycles. The maximum absolute atomic E-state index is 12.4. The lowest BCUT2D eigenvalue weighted by molar-refractivity contribution is 0.232. The van der Waals surface area contributed by atoms with E-state index < -0.39 is 0 Å². The highest BCUT2D eigenvalue weighted by Crippen LogP contribution is 2.45. The normalized spacial score (nSPS) is 31.8. The Morgan fingerprint density at radius 3 is 2.73 bits per heavy atom. The Morgan fingerprint density at radius 1 is 1.27 bits per heavy atom. The number of nitrogens with zero attached hydrogens (tertiary/aromatic N) is 2. The molecule has 2 N–H and O–H groups in total. The fourth-order valence-corrected chi connectivity index (χ4v) is 5.34. The van der Waals surface area contributed by atoms with Crippen molar-refractivity contribution in [3.8, 4) is 6.19 Å². The van der Waals surface area contributed by atoms with E-state index in [0.717, 1.165) is 25.7 Å². The van der Waals surface area contributed by atoms with E-state index in [-0.39, 0.29) is 18.1 Å². The topological polar surface area (TPSA) is 68.2 Å². The van der Waals surface area contributed by atoms with Gasteiger partial charge in [-0.1, -0.05) is 38.1 Å². The summed E-state index contributed by atoms with van der Waals surface area (Å²) in [6.45, 7) is 5.23. The van der Waals surface area contributed by atoms with Crippen LogP contribution in [-0.4, -0.2) is 35.6 Å². The van der Waals surface area contributed by atoms with Crippen molar-refractivity contribution < 1.29 is 4.79 Å². The molecule has 3 aliphatic rings. The zero-order valence-electron chi connectivity index (χ0n) is 15.6. The minimum absolute atomic E-state index is 0.0917. The number of carbonyl (C=O) groups is 1. The van der Waals surface area contributed by atoms with Crippen LogP contribution >= 0.6 is 0 Å². The fourth-order valence-electron chi connectivity index (χ4n) is 5.34. The van der Waals surface area contributed by atoms with E-state index in [4.69, 9.17) is 0 Å². The quantitative estimate of drug-likeness (QED) is 0.817. The largest absolute Gasteiger partial charge is 0.338 e. The lowest BCUT2D eigenvalue weighted by Gasteiger charge is -2.23. The van der Waals surface area contributed by atoms with Crippen LogP contribution in [0.4, 0.5) is 4.79 Å². The second kappa shape index (κ2) is 6.83. The number of amides is 2. The van der Waals surface area contributed by atoms with Gasteiger partial charge in [-0.15, -0.1) is 0 Å². The predicted octanol–water partition coefficient (Wildman–Crippen LogP) is 3.30. The van der Waals surface area contributed by atoms with Crippen LogP contribution in [0.25, 0.3) is 0 Å². The van der Waals surface area contributed by atoms with E-state index in [1.54, 1.807) is 0 Å². The molecule has 2 bridgehead atoms. The fraction of sp³-hybridized carbons (Fsp3) is 0.619. The van der Waals surface area contributed by atoms with Crippen LogP contribution in [0.15, 0.2) is 24.3 Å². The third-order valence-electron chi connectivity index (χ3n) is 6.66. The summed E-state index contributed by atoms with van der Waals surface area (Å²) in [5, 5.41) is 15.5.